The molecule has 7 heteroatoms. The van der Waals surface area contributed by atoms with Crippen molar-refractivity contribution in [3.8, 4) is 0 Å². The summed E-state index contributed by atoms with van der Waals surface area (Å²) in [6.07, 6.45) is 4.76. The molecule has 0 radical (unpaired) electrons. The number of hydrogen-bond acceptors (Lipinski definition) is 4. The molecular weight excluding hydrogens is 306 g/mol. The first-order chi connectivity index (χ1) is 8.88. The number of aryl methyl sites for hydroxylation is 1. The minimum Gasteiger partial charge on any atom is -0.351 e. The molecule has 1 amide bonds. The fourth-order valence-corrected chi connectivity index (χ4v) is 4.49. The first kappa shape index (κ1) is 14.8. The van der Waals surface area contributed by atoms with Gasteiger partial charge in [-0.25, -0.2) is 8.42 Å². The van der Waals surface area contributed by atoms with E-state index in [4.69, 9.17) is 10.7 Å². The Labute approximate surface area is 121 Å². The number of halogens is 1. The molecular formula is C12H16ClNO3S2. The molecule has 0 aliphatic heterocycles. The van der Waals surface area contributed by atoms with Crippen molar-refractivity contribution >= 4 is 37.0 Å². The van der Waals surface area contributed by atoms with Crippen LogP contribution in [0.2, 0.25) is 0 Å². The Morgan fingerprint density at radius 1 is 1.53 bits per heavy atom. The quantitative estimate of drug-likeness (QED) is 0.647. The van der Waals surface area contributed by atoms with Crippen LogP contribution in [0.1, 0.15) is 40.2 Å². The number of rotatable bonds is 6. The molecule has 19 heavy (non-hydrogen) atoms. The summed E-state index contributed by atoms with van der Waals surface area (Å²) < 4.78 is 22.5. The largest absolute Gasteiger partial charge is 0.351 e. The lowest BCUT2D eigenvalue weighted by Crippen LogP contribution is -2.23. The van der Waals surface area contributed by atoms with Gasteiger partial charge in [0.15, 0.2) is 0 Å². The zero-order valence-corrected chi connectivity index (χ0v) is 13.0. The molecule has 0 spiro atoms. The first-order valence-electron chi connectivity index (χ1n) is 6.21. The Hall–Kier alpha value is -0.590. The molecule has 1 saturated carbocycles. The van der Waals surface area contributed by atoms with Gasteiger partial charge in [-0.15, -0.1) is 11.3 Å². The van der Waals surface area contributed by atoms with Crippen LogP contribution in [0.4, 0.5) is 0 Å². The smallest absolute Gasteiger partial charge is 0.262 e. The average molecular weight is 322 g/mol. The van der Waals surface area contributed by atoms with Crippen LogP contribution in [0.25, 0.3) is 0 Å². The summed E-state index contributed by atoms with van der Waals surface area (Å²) in [6.45, 7) is 2.28. The molecule has 1 aliphatic rings. The van der Waals surface area contributed by atoms with Gasteiger partial charge in [-0.05, 0) is 31.7 Å². The maximum atomic E-state index is 11.9. The van der Waals surface area contributed by atoms with E-state index in [0.717, 1.165) is 30.1 Å². The van der Waals surface area contributed by atoms with Crippen LogP contribution in [0.15, 0.2) is 11.0 Å². The van der Waals surface area contributed by atoms with Gasteiger partial charge in [-0.1, -0.05) is 12.8 Å². The SMILES string of the molecule is Cc1sc(C(=O)NCCCC2CC2)cc1S(=O)(=O)Cl. The minimum atomic E-state index is -3.77. The van der Waals surface area contributed by atoms with Crippen LogP contribution in [0.3, 0.4) is 0 Å². The van der Waals surface area contributed by atoms with Crippen molar-refractivity contribution in [3.63, 3.8) is 0 Å². The molecule has 0 aromatic carbocycles. The zero-order valence-electron chi connectivity index (χ0n) is 10.6. The van der Waals surface area contributed by atoms with E-state index < -0.39 is 9.05 Å². The van der Waals surface area contributed by atoms with Crippen LogP contribution in [-0.4, -0.2) is 20.9 Å². The van der Waals surface area contributed by atoms with Crippen molar-refractivity contribution in [3.05, 3.63) is 15.8 Å². The van der Waals surface area contributed by atoms with Gasteiger partial charge in [0, 0.05) is 22.1 Å². The standard InChI is InChI=1S/C12H16ClNO3S2/c1-8-11(19(13,16)17)7-10(18-8)12(15)14-6-2-3-9-4-5-9/h7,9H,2-6H2,1H3,(H,14,15). The van der Waals surface area contributed by atoms with Gasteiger partial charge in [0.1, 0.15) is 0 Å². The minimum absolute atomic E-state index is 0.0299. The highest BCUT2D eigenvalue weighted by Gasteiger charge is 2.21. The molecule has 4 nitrogen and oxygen atoms in total. The molecule has 1 N–H and O–H groups in total. The normalized spacial score (nSPS) is 15.5. The predicted octanol–water partition coefficient (Wildman–Crippen LogP) is 2.90. The first-order valence-corrected chi connectivity index (χ1v) is 9.34. The highest BCUT2D eigenvalue weighted by atomic mass is 35.7. The van der Waals surface area contributed by atoms with E-state index in [1.54, 1.807) is 6.92 Å². The number of carbonyl (C=O) groups is 1. The fourth-order valence-electron chi connectivity index (χ4n) is 1.91. The summed E-state index contributed by atoms with van der Waals surface area (Å²) in [5.41, 5.74) is 0. The Kier molecular flexibility index (Phi) is 4.53. The predicted molar refractivity (Wildman–Crippen MR) is 76.4 cm³/mol. The maximum Gasteiger partial charge on any atom is 0.262 e. The van der Waals surface area contributed by atoms with E-state index in [9.17, 15) is 13.2 Å². The molecule has 106 valence electrons. The van der Waals surface area contributed by atoms with E-state index in [0.29, 0.717) is 16.3 Å². The fraction of sp³-hybridized carbons (Fsp3) is 0.583. The van der Waals surface area contributed by atoms with Crippen molar-refractivity contribution in [2.75, 3.05) is 6.54 Å². The zero-order chi connectivity index (χ0) is 14.0. The third kappa shape index (κ3) is 4.19. The molecule has 1 aliphatic carbocycles. The monoisotopic (exact) mass is 321 g/mol. The molecule has 0 unspecified atom stereocenters. The molecule has 0 bridgehead atoms. The molecule has 1 aromatic rings. The van der Waals surface area contributed by atoms with Crippen molar-refractivity contribution in [2.24, 2.45) is 5.92 Å². The number of hydrogen-bond donors (Lipinski definition) is 1. The Balaban J connectivity index is 1.91. The van der Waals surface area contributed by atoms with Crippen LogP contribution >= 0.6 is 22.0 Å². The van der Waals surface area contributed by atoms with Crippen LogP contribution in [-0.2, 0) is 9.05 Å². The third-order valence-electron chi connectivity index (χ3n) is 3.13. The summed E-state index contributed by atoms with van der Waals surface area (Å²) in [6, 6.07) is 1.35. The molecule has 0 atom stereocenters. The summed E-state index contributed by atoms with van der Waals surface area (Å²) in [5, 5.41) is 2.81. The van der Waals surface area contributed by atoms with Crippen LogP contribution in [0, 0.1) is 12.8 Å². The van der Waals surface area contributed by atoms with Gasteiger partial charge >= 0.3 is 0 Å². The van der Waals surface area contributed by atoms with Gasteiger partial charge < -0.3 is 5.32 Å². The second-order valence-electron chi connectivity index (χ2n) is 4.81. The topological polar surface area (TPSA) is 63.2 Å². The summed E-state index contributed by atoms with van der Waals surface area (Å²) >= 11 is 1.15. The van der Waals surface area contributed by atoms with Crippen molar-refractivity contribution in [1.82, 2.24) is 5.32 Å². The van der Waals surface area contributed by atoms with Gasteiger partial charge in [0.2, 0.25) is 0 Å². The summed E-state index contributed by atoms with van der Waals surface area (Å²) in [5.74, 6) is 0.629. The lowest BCUT2D eigenvalue weighted by molar-refractivity contribution is 0.0956. The lowest BCUT2D eigenvalue weighted by Gasteiger charge is -2.02. The Morgan fingerprint density at radius 3 is 2.74 bits per heavy atom. The van der Waals surface area contributed by atoms with E-state index in [2.05, 4.69) is 5.32 Å². The van der Waals surface area contributed by atoms with E-state index in [-0.39, 0.29) is 10.8 Å². The number of nitrogens with one attached hydrogen (secondary N) is 1. The lowest BCUT2D eigenvalue weighted by atomic mass is 10.2. The van der Waals surface area contributed by atoms with Crippen LogP contribution in [0.5, 0.6) is 0 Å². The molecule has 1 heterocycles. The molecule has 1 fully saturated rings. The van der Waals surface area contributed by atoms with E-state index in [1.165, 1.54) is 18.9 Å². The average Bonchev–Trinajstić information content (AvgIpc) is 3.04. The number of thiophene rings is 1. The molecule has 0 saturated heterocycles. The Bertz CT molecular complexity index is 576. The Morgan fingerprint density at radius 2 is 2.21 bits per heavy atom. The van der Waals surface area contributed by atoms with Gasteiger partial charge in [-0.3, -0.25) is 4.79 Å². The molecule has 2 rings (SSSR count). The number of carbonyl (C=O) groups excluding carboxylic acids is 1. The third-order valence-corrected chi connectivity index (χ3v) is 5.76. The van der Waals surface area contributed by atoms with Crippen molar-refractivity contribution in [1.29, 1.82) is 0 Å². The number of amides is 1. The maximum absolute atomic E-state index is 11.9. The molecule has 1 aromatic heterocycles. The van der Waals surface area contributed by atoms with Crippen molar-refractivity contribution < 1.29 is 13.2 Å². The summed E-state index contributed by atoms with van der Waals surface area (Å²) in [4.78, 5) is 12.8. The highest BCUT2D eigenvalue weighted by Crippen LogP contribution is 2.33. The van der Waals surface area contributed by atoms with Gasteiger partial charge in [0.05, 0.1) is 9.77 Å². The van der Waals surface area contributed by atoms with Crippen LogP contribution < -0.4 is 5.32 Å². The second-order valence-corrected chi connectivity index (χ2v) is 8.60. The van der Waals surface area contributed by atoms with Gasteiger partial charge in [-0.2, -0.15) is 0 Å². The summed E-state index contributed by atoms with van der Waals surface area (Å²) in [7, 11) is 1.53. The second kappa shape index (κ2) is 5.81. The van der Waals surface area contributed by atoms with Crippen molar-refractivity contribution in [2.45, 2.75) is 37.5 Å². The van der Waals surface area contributed by atoms with E-state index >= 15 is 0 Å². The van der Waals surface area contributed by atoms with E-state index in [1.807, 2.05) is 0 Å². The highest BCUT2D eigenvalue weighted by molar-refractivity contribution is 8.13. The van der Waals surface area contributed by atoms with Gasteiger partial charge in [0.25, 0.3) is 15.0 Å².